The number of ketones is 1. The summed E-state index contributed by atoms with van der Waals surface area (Å²) in [4.78, 5) is 13.4. The van der Waals surface area contributed by atoms with Gasteiger partial charge in [0.15, 0.2) is 5.78 Å². The van der Waals surface area contributed by atoms with Crippen LogP contribution in [0.5, 0.6) is 5.75 Å². The molecule has 5 nitrogen and oxygen atoms in total. The Bertz CT molecular complexity index is 1150. The number of nitrogens with zero attached hydrogens (tertiary/aromatic N) is 1. The van der Waals surface area contributed by atoms with E-state index in [2.05, 4.69) is 38.5 Å². The van der Waals surface area contributed by atoms with Crippen molar-refractivity contribution in [1.29, 1.82) is 0 Å². The number of benzene rings is 2. The fraction of sp³-hybridized carbons (Fsp3) is 0.250. The second-order valence-electron chi connectivity index (χ2n) is 7.81. The molecule has 5 rings (SSSR count). The lowest BCUT2D eigenvalue weighted by Crippen LogP contribution is -2.29. The molecule has 0 bridgehead atoms. The number of carbonyl (C=O) groups excluding carboxylic acids is 1. The quantitative estimate of drug-likeness (QED) is 0.537. The van der Waals surface area contributed by atoms with E-state index in [1.54, 1.807) is 7.11 Å². The molecule has 0 amide bonds. The summed E-state index contributed by atoms with van der Waals surface area (Å²) in [6, 6.07) is 16.1. The van der Waals surface area contributed by atoms with Crippen molar-refractivity contribution in [2.75, 3.05) is 12.4 Å². The Balaban J connectivity index is 1.58. The Morgan fingerprint density at radius 2 is 1.77 bits per heavy atom. The second-order valence-corrected chi connectivity index (χ2v) is 8.73. The maximum atomic E-state index is 13.4. The maximum absolute atomic E-state index is 13.4. The molecule has 2 aromatic carbocycles. The number of anilines is 1. The average molecular weight is 465 g/mol. The molecule has 30 heavy (non-hydrogen) atoms. The van der Waals surface area contributed by atoms with E-state index in [9.17, 15) is 4.79 Å². The van der Waals surface area contributed by atoms with E-state index in [0.29, 0.717) is 12.3 Å². The van der Waals surface area contributed by atoms with Crippen LogP contribution in [0.15, 0.2) is 68.8 Å². The van der Waals surface area contributed by atoms with Crippen LogP contribution in [0, 0.1) is 6.92 Å². The van der Waals surface area contributed by atoms with Gasteiger partial charge in [0.2, 0.25) is 5.88 Å². The molecule has 1 aromatic heterocycles. The zero-order chi connectivity index (χ0) is 20.8. The number of fused-ring (bicyclic) bond motifs is 1. The number of allylic oxidation sites excluding steroid dienone is 2. The minimum Gasteiger partial charge on any atom is -0.497 e. The highest BCUT2D eigenvalue weighted by atomic mass is 79.9. The molecule has 0 saturated heterocycles. The predicted octanol–water partition coefficient (Wildman–Crippen LogP) is 5.71. The van der Waals surface area contributed by atoms with Crippen LogP contribution in [0.1, 0.15) is 47.1 Å². The number of carbonyl (C=O) groups is 1. The lowest BCUT2D eigenvalue weighted by Gasteiger charge is -2.34. The number of Topliss-reactive ketones (excluding diaryl/α,β-unsaturated/α-hetero) is 1. The summed E-state index contributed by atoms with van der Waals surface area (Å²) in [5, 5.41) is 7.55. The van der Waals surface area contributed by atoms with E-state index in [1.807, 2.05) is 43.3 Å². The van der Waals surface area contributed by atoms with E-state index in [0.717, 1.165) is 50.3 Å². The SMILES string of the molecule is COc1ccc([C@H]2CC(=O)C3=C(C2)Nc2onc(C)c2[C@H]3c2ccc(Br)cc2)cc1. The minimum absolute atomic E-state index is 0.116. The second kappa shape index (κ2) is 7.43. The summed E-state index contributed by atoms with van der Waals surface area (Å²) >= 11 is 3.50. The van der Waals surface area contributed by atoms with Gasteiger partial charge in [-0.15, -0.1) is 0 Å². The van der Waals surface area contributed by atoms with Gasteiger partial charge < -0.3 is 14.6 Å². The third-order valence-corrected chi connectivity index (χ3v) is 6.58. The summed E-state index contributed by atoms with van der Waals surface area (Å²) in [5.74, 6) is 1.57. The maximum Gasteiger partial charge on any atom is 0.233 e. The first-order chi connectivity index (χ1) is 14.5. The van der Waals surface area contributed by atoms with Crippen molar-refractivity contribution < 1.29 is 14.1 Å². The lowest BCUT2D eigenvalue weighted by molar-refractivity contribution is -0.116. The fourth-order valence-electron chi connectivity index (χ4n) is 4.57. The molecule has 3 aromatic rings. The van der Waals surface area contributed by atoms with Crippen molar-refractivity contribution in [1.82, 2.24) is 5.16 Å². The minimum atomic E-state index is -0.167. The number of ether oxygens (including phenoxy) is 1. The molecular formula is C24H21BrN2O3. The molecule has 2 atom stereocenters. The summed E-state index contributed by atoms with van der Waals surface area (Å²) in [6.45, 7) is 1.93. The zero-order valence-electron chi connectivity index (χ0n) is 16.7. The number of nitrogens with one attached hydrogen (secondary N) is 1. The Labute approximate surface area is 183 Å². The van der Waals surface area contributed by atoms with Crippen LogP contribution >= 0.6 is 15.9 Å². The number of aromatic nitrogens is 1. The molecule has 0 unspecified atom stereocenters. The Hall–Kier alpha value is -2.86. The largest absolute Gasteiger partial charge is 0.497 e. The number of halogens is 1. The molecule has 0 radical (unpaired) electrons. The van der Waals surface area contributed by atoms with Gasteiger partial charge in [0.1, 0.15) is 5.75 Å². The van der Waals surface area contributed by atoms with Gasteiger partial charge in [-0.25, -0.2) is 0 Å². The molecule has 0 saturated carbocycles. The first-order valence-corrected chi connectivity index (χ1v) is 10.7. The molecule has 1 N–H and O–H groups in total. The summed E-state index contributed by atoms with van der Waals surface area (Å²) in [7, 11) is 1.65. The van der Waals surface area contributed by atoms with Gasteiger partial charge in [0, 0.05) is 28.1 Å². The smallest absolute Gasteiger partial charge is 0.233 e. The van der Waals surface area contributed by atoms with Crippen LogP contribution in [0.2, 0.25) is 0 Å². The highest BCUT2D eigenvalue weighted by Gasteiger charge is 2.41. The molecule has 2 heterocycles. The van der Waals surface area contributed by atoms with E-state index < -0.39 is 0 Å². The molecule has 0 fully saturated rings. The molecule has 2 aliphatic rings. The predicted molar refractivity (Wildman–Crippen MR) is 118 cm³/mol. The van der Waals surface area contributed by atoms with Gasteiger partial charge in [0.25, 0.3) is 0 Å². The van der Waals surface area contributed by atoms with Gasteiger partial charge in [-0.1, -0.05) is 45.4 Å². The van der Waals surface area contributed by atoms with E-state index in [-0.39, 0.29) is 17.6 Å². The molecule has 1 aliphatic carbocycles. The third kappa shape index (κ3) is 3.16. The Morgan fingerprint density at radius 1 is 1.07 bits per heavy atom. The highest BCUT2D eigenvalue weighted by Crippen LogP contribution is 2.49. The first-order valence-electron chi connectivity index (χ1n) is 9.94. The number of rotatable bonds is 3. The van der Waals surface area contributed by atoms with Crippen LogP contribution in [0.3, 0.4) is 0 Å². The highest BCUT2D eigenvalue weighted by molar-refractivity contribution is 9.10. The summed E-state index contributed by atoms with van der Waals surface area (Å²) < 4.78 is 11.9. The summed E-state index contributed by atoms with van der Waals surface area (Å²) in [6.07, 6.45) is 1.24. The normalized spacial score (nSPS) is 20.4. The number of hydrogen-bond donors (Lipinski definition) is 1. The van der Waals surface area contributed by atoms with E-state index in [4.69, 9.17) is 9.26 Å². The molecule has 0 spiro atoms. The van der Waals surface area contributed by atoms with Crippen molar-refractivity contribution in [3.63, 3.8) is 0 Å². The van der Waals surface area contributed by atoms with Gasteiger partial charge in [-0.3, -0.25) is 4.79 Å². The van der Waals surface area contributed by atoms with Crippen molar-refractivity contribution in [3.05, 3.63) is 86.7 Å². The van der Waals surface area contributed by atoms with Crippen molar-refractivity contribution >= 4 is 27.6 Å². The Kier molecular flexibility index (Phi) is 4.74. The molecular weight excluding hydrogens is 444 g/mol. The van der Waals surface area contributed by atoms with Crippen molar-refractivity contribution in [2.45, 2.75) is 31.6 Å². The first kappa shape index (κ1) is 19.1. The van der Waals surface area contributed by atoms with Gasteiger partial charge in [-0.05, 0) is 54.7 Å². The zero-order valence-corrected chi connectivity index (χ0v) is 18.3. The van der Waals surface area contributed by atoms with Gasteiger partial charge >= 0.3 is 0 Å². The summed E-state index contributed by atoms with van der Waals surface area (Å²) in [5.41, 5.74) is 5.73. The van der Waals surface area contributed by atoms with Crippen LogP contribution in [-0.4, -0.2) is 18.0 Å². The van der Waals surface area contributed by atoms with E-state index in [1.165, 1.54) is 0 Å². The van der Waals surface area contributed by atoms with Crippen LogP contribution < -0.4 is 10.1 Å². The number of aryl methyl sites for hydroxylation is 1. The third-order valence-electron chi connectivity index (χ3n) is 6.05. The number of methoxy groups -OCH3 is 1. The van der Waals surface area contributed by atoms with Gasteiger partial charge in [-0.2, -0.15) is 0 Å². The van der Waals surface area contributed by atoms with Crippen molar-refractivity contribution in [3.8, 4) is 5.75 Å². The van der Waals surface area contributed by atoms with Crippen LogP contribution in [0.25, 0.3) is 0 Å². The molecule has 1 aliphatic heterocycles. The van der Waals surface area contributed by atoms with Gasteiger partial charge in [0.05, 0.1) is 18.4 Å². The monoisotopic (exact) mass is 464 g/mol. The van der Waals surface area contributed by atoms with Crippen LogP contribution in [-0.2, 0) is 4.79 Å². The fourth-order valence-corrected chi connectivity index (χ4v) is 4.84. The molecule has 6 heteroatoms. The van der Waals surface area contributed by atoms with Crippen LogP contribution in [0.4, 0.5) is 5.88 Å². The number of hydrogen-bond acceptors (Lipinski definition) is 5. The molecule has 152 valence electrons. The van der Waals surface area contributed by atoms with E-state index >= 15 is 0 Å². The lowest BCUT2D eigenvalue weighted by atomic mass is 9.72. The van der Waals surface area contributed by atoms with Crippen molar-refractivity contribution in [2.24, 2.45) is 0 Å². The standard InChI is InChI=1S/C24H21BrN2O3/c1-13-21-22(15-3-7-17(25)8-4-15)23-19(26-24(21)30-27-13)11-16(12-20(23)28)14-5-9-18(29-2)10-6-14/h3-10,16,22,26H,11-12H2,1-2H3/t16-,22-/m1/s1. The topological polar surface area (TPSA) is 64.4 Å². The Morgan fingerprint density at radius 3 is 2.47 bits per heavy atom. The average Bonchev–Trinajstić information content (AvgIpc) is 3.13.